The van der Waals surface area contributed by atoms with Gasteiger partial charge in [-0.2, -0.15) is 5.26 Å². The molecule has 0 aliphatic rings. The van der Waals surface area contributed by atoms with Gasteiger partial charge in [-0.3, -0.25) is 4.79 Å². The number of nitrogens with zero attached hydrogens (tertiary/aromatic N) is 1. The van der Waals surface area contributed by atoms with Crippen LogP contribution < -0.4 is 5.73 Å². The molecular formula is C13H10Cl2N2O3. The number of allylic oxidation sites excluding steroid dienone is 1. The molecule has 0 unspecified atom stereocenters. The number of ketones is 1. The Bertz CT molecular complexity index is 629. The first kappa shape index (κ1) is 16.0. The lowest BCUT2D eigenvalue weighted by Crippen LogP contribution is -2.17. The Morgan fingerprint density at radius 1 is 1.40 bits per heavy atom. The normalized spacial score (nSPS) is 11.3. The summed E-state index contributed by atoms with van der Waals surface area (Å²) in [6.45, 7) is 0.811. The lowest BCUT2D eigenvalue weighted by molar-refractivity contribution is -0.118. The van der Waals surface area contributed by atoms with E-state index < -0.39 is 18.4 Å². The minimum atomic E-state index is -0.808. The van der Waals surface area contributed by atoms with E-state index in [-0.39, 0.29) is 21.9 Å². The third kappa shape index (κ3) is 3.98. The summed E-state index contributed by atoms with van der Waals surface area (Å²) in [7, 11) is 0. The highest BCUT2D eigenvalue weighted by Gasteiger charge is 2.17. The number of rotatable bonds is 4. The van der Waals surface area contributed by atoms with Crippen molar-refractivity contribution in [2.45, 2.75) is 6.92 Å². The smallest absolute Gasteiger partial charge is 0.340 e. The molecule has 0 aliphatic carbocycles. The van der Waals surface area contributed by atoms with Crippen LogP contribution in [0.5, 0.6) is 0 Å². The van der Waals surface area contributed by atoms with Crippen LogP contribution in [0.15, 0.2) is 29.5 Å². The second-order valence-electron chi connectivity index (χ2n) is 3.79. The van der Waals surface area contributed by atoms with E-state index in [4.69, 9.17) is 38.9 Å². The van der Waals surface area contributed by atoms with Crippen molar-refractivity contribution in [3.8, 4) is 6.07 Å². The van der Waals surface area contributed by atoms with Gasteiger partial charge < -0.3 is 10.5 Å². The summed E-state index contributed by atoms with van der Waals surface area (Å²) >= 11 is 11.6. The fraction of sp³-hybridized carbons (Fsp3) is 0.154. The van der Waals surface area contributed by atoms with E-state index in [0.29, 0.717) is 5.02 Å². The number of nitrogens with two attached hydrogens (primary N) is 1. The molecule has 0 atom stereocenters. The standard InChI is InChI=1S/C13H10Cl2N2O3/c1-7(17)10(5-16)12(18)6-20-13(19)9-4-8(14)2-3-11(9)15/h2-4H,6,17H2,1H3/b10-7+. The molecule has 1 aromatic carbocycles. The van der Waals surface area contributed by atoms with E-state index in [1.807, 2.05) is 0 Å². The Hall–Kier alpha value is -2.03. The van der Waals surface area contributed by atoms with Crippen LogP contribution in [0.2, 0.25) is 10.0 Å². The zero-order valence-corrected chi connectivity index (χ0v) is 12.0. The quantitative estimate of drug-likeness (QED) is 0.523. The number of carbonyl (C=O) groups is 2. The Morgan fingerprint density at radius 2 is 2.05 bits per heavy atom. The summed E-state index contributed by atoms with van der Waals surface area (Å²) in [6, 6.07) is 5.93. The molecule has 0 saturated heterocycles. The van der Waals surface area contributed by atoms with Crippen LogP contribution in [0.3, 0.4) is 0 Å². The second-order valence-corrected chi connectivity index (χ2v) is 4.64. The predicted octanol–water partition coefficient (Wildman–Crippen LogP) is 2.48. The summed E-state index contributed by atoms with van der Waals surface area (Å²) in [4.78, 5) is 23.4. The minimum Gasteiger partial charge on any atom is -0.454 e. The third-order valence-electron chi connectivity index (χ3n) is 2.27. The van der Waals surface area contributed by atoms with Gasteiger partial charge in [-0.05, 0) is 25.1 Å². The molecule has 5 nitrogen and oxygen atoms in total. The monoisotopic (exact) mass is 312 g/mol. The lowest BCUT2D eigenvalue weighted by Gasteiger charge is -2.06. The van der Waals surface area contributed by atoms with Gasteiger partial charge in [0.2, 0.25) is 5.78 Å². The van der Waals surface area contributed by atoms with Gasteiger partial charge >= 0.3 is 5.97 Å². The molecule has 0 radical (unpaired) electrons. The number of carbonyl (C=O) groups excluding carboxylic acids is 2. The van der Waals surface area contributed by atoms with E-state index in [9.17, 15) is 9.59 Å². The second kappa shape index (κ2) is 6.94. The van der Waals surface area contributed by atoms with Gasteiger partial charge in [-0.15, -0.1) is 0 Å². The molecule has 0 amide bonds. The zero-order chi connectivity index (χ0) is 15.3. The Labute approximate surface area is 125 Å². The fourth-order valence-corrected chi connectivity index (χ4v) is 1.67. The largest absolute Gasteiger partial charge is 0.454 e. The van der Waals surface area contributed by atoms with Crippen LogP contribution in [0.4, 0.5) is 0 Å². The summed E-state index contributed by atoms with van der Waals surface area (Å²) in [5.41, 5.74) is 5.23. The number of nitriles is 1. The van der Waals surface area contributed by atoms with Gasteiger partial charge in [0, 0.05) is 10.7 Å². The van der Waals surface area contributed by atoms with Crippen LogP contribution in [-0.4, -0.2) is 18.4 Å². The van der Waals surface area contributed by atoms with Crippen molar-refractivity contribution in [2.24, 2.45) is 5.73 Å². The maximum atomic E-state index is 11.8. The summed E-state index contributed by atoms with van der Waals surface area (Å²) < 4.78 is 4.79. The van der Waals surface area contributed by atoms with Crippen LogP contribution in [-0.2, 0) is 9.53 Å². The predicted molar refractivity (Wildman–Crippen MR) is 74.3 cm³/mol. The van der Waals surface area contributed by atoms with Crippen molar-refractivity contribution < 1.29 is 14.3 Å². The first-order valence-electron chi connectivity index (χ1n) is 5.38. The van der Waals surface area contributed by atoms with Crippen LogP contribution in [0.1, 0.15) is 17.3 Å². The number of ether oxygens (including phenoxy) is 1. The van der Waals surface area contributed by atoms with Crippen molar-refractivity contribution in [1.29, 1.82) is 5.26 Å². The molecule has 0 fully saturated rings. The Kier molecular flexibility index (Phi) is 5.56. The molecule has 104 valence electrons. The average Bonchev–Trinajstić information content (AvgIpc) is 2.39. The Morgan fingerprint density at radius 3 is 2.60 bits per heavy atom. The molecule has 0 spiro atoms. The van der Waals surface area contributed by atoms with Gasteiger partial charge in [0.1, 0.15) is 11.6 Å². The first-order chi connectivity index (χ1) is 9.36. The van der Waals surface area contributed by atoms with Crippen molar-refractivity contribution in [3.63, 3.8) is 0 Å². The molecule has 20 heavy (non-hydrogen) atoms. The molecular weight excluding hydrogens is 303 g/mol. The molecule has 0 aliphatic heterocycles. The number of Topliss-reactive ketones (excluding diaryl/α,β-unsaturated/α-hetero) is 1. The van der Waals surface area contributed by atoms with Crippen LogP contribution in [0.25, 0.3) is 0 Å². The van der Waals surface area contributed by atoms with Crippen molar-refractivity contribution in [2.75, 3.05) is 6.61 Å². The molecule has 1 rings (SSSR count). The van der Waals surface area contributed by atoms with Crippen LogP contribution >= 0.6 is 23.2 Å². The number of esters is 1. The third-order valence-corrected chi connectivity index (χ3v) is 2.83. The lowest BCUT2D eigenvalue weighted by atomic mass is 10.1. The highest BCUT2D eigenvalue weighted by molar-refractivity contribution is 6.35. The summed E-state index contributed by atoms with van der Waals surface area (Å²) in [5.74, 6) is -1.49. The van der Waals surface area contributed by atoms with E-state index >= 15 is 0 Å². The molecule has 0 saturated carbocycles. The van der Waals surface area contributed by atoms with Crippen LogP contribution in [0, 0.1) is 11.3 Å². The maximum absolute atomic E-state index is 11.8. The Balaban J connectivity index is 2.79. The molecule has 2 N–H and O–H groups in total. The molecule has 1 aromatic rings. The zero-order valence-electron chi connectivity index (χ0n) is 10.4. The van der Waals surface area contributed by atoms with Gasteiger partial charge in [0.25, 0.3) is 0 Å². The summed E-state index contributed by atoms with van der Waals surface area (Å²) in [6.07, 6.45) is 0. The van der Waals surface area contributed by atoms with Crippen molar-refractivity contribution in [1.82, 2.24) is 0 Å². The van der Waals surface area contributed by atoms with Gasteiger partial charge in [-0.25, -0.2) is 4.79 Å². The summed E-state index contributed by atoms with van der Waals surface area (Å²) in [5, 5.41) is 9.20. The number of hydrogen-bond donors (Lipinski definition) is 1. The van der Waals surface area contributed by atoms with Gasteiger partial charge in [-0.1, -0.05) is 23.2 Å². The highest BCUT2D eigenvalue weighted by atomic mass is 35.5. The van der Waals surface area contributed by atoms with E-state index in [1.165, 1.54) is 25.1 Å². The highest BCUT2D eigenvalue weighted by Crippen LogP contribution is 2.21. The first-order valence-corrected chi connectivity index (χ1v) is 6.14. The molecule has 7 heteroatoms. The van der Waals surface area contributed by atoms with E-state index in [2.05, 4.69) is 0 Å². The van der Waals surface area contributed by atoms with Crippen molar-refractivity contribution >= 4 is 35.0 Å². The fourth-order valence-electron chi connectivity index (χ4n) is 1.31. The maximum Gasteiger partial charge on any atom is 0.340 e. The van der Waals surface area contributed by atoms with Gasteiger partial charge in [0.05, 0.1) is 10.6 Å². The molecule has 0 heterocycles. The number of benzene rings is 1. The van der Waals surface area contributed by atoms with Gasteiger partial charge in [0.15, 0.2) is 6.61 Å². The topological polar surface area (TPSA) is 93.2 Å². The molecule has 0 aromatic heterocycles. The average molecular weight is 313 g/mol. The SMILES string of the molecule is C/C(N)=C(/C#N)C(=O)COC(=O)c1cc(Cl)ccc1Cl. The number of halogens is 2. The number of hydrogen-bond acceptors (Lipinski definition) is 5. The van der Waals surface area contributed by atoms with Crippen molar-refractivity contribution in [3.05, 3.63) is 45.1 Å². The van der Waals surface area contributed by atoms with E-state index in [0.717, 1.165) is 0 Å². The van der Waals surface area contributed by atoms with E-state index in [1.54, 1.807) is 6.07 Å². The minimum absolute atomic E-state index is 0.0407. The molecule has 0 bridgehead atoms.